The Morgan fingerprint density at radius 3 is 0.492 bits per heavy atom. The quantitative estimate of drug-likeness (QED) is 0.0264. The molecule has 0 saturated carbocycles. The summed E-state index contributed by atoms with van der Waals surface area (Å²) in [6.45, 7) is 30.3. The van der Waals surface area contributed by atoms with Crippen LogP contribution in [-0.2, 0) is 10.4 Å². The van der Waals surface area contributed by atoms with E-state index in [1.807, 2.05) is 0 Å². The molecule has 0 N–H and O–H groups in total. The summed E-state index contributed by atoms with van der Waals surface area (Å²) in [5, 5.41) is 0. The van der Waals surface area contributed by atoms with Gasteiger partial charge in [0.05, 0.1) is 52.4 Å². The minimum Gasteiger partial charge on any atom is -0.759 e. The van der Waals surface area contributed by atoms with Crippen molar-refractivity contribution in [3.63, 3.8) is 0 Å². The van der Waals surface area contributed by atoms with Crippen molar-refractivity contribution in [2.45, 2.75) is 287 Å². The molecule has 0 spiro atoms. The predicted octanol–water partition coefficient (Wildman–Crippen LogP) is 16.5. The van der Waals surface area contributed by atoms with Gasteiger partial charge in [-0.15, -0.1) is 0 Å². The third kappa shape index (κ3) is 50.3. The zero-order valence-corrected chi connectivity index (χ0v) is 42.9. The molecular formula is C52H112N2O4S. The van der Waals surface area contributed by atoms with Crippen LogP contribution in [0.2, 0.25) is 0 Å². The highest BCUT2D eigenvalue weighted by molar-refractivity contribution is 7.79. The lowest BCUT2D eigenvalue weighted by molar-refractivity contribution is -0.927. The minimum atomic E-state index is -5.17. The number of rotatable bonds is 44. The van der Waals surface area contributed by atoms with E-state index in [1.54, 1.807) is 0 Å². The highest BCUT2D eigenvalue weighted by atomic mass is 32.3. The SMILES string of the molecule is CCCCCCCC[N+](CC)(CCCCCCCC)CCCCCCCC.CCCCCCCC[N+](CC)(CCCCCCCC)CCCCCCCC.O=S(=O)([O-])[O-]. The Morgan fingerprint density at radius 2 is 0.373 bits per heavy atom. The average Bonchev–Trinajstić information content (AvgIpc) is 3.21. The van der Waals surface area contributed by atoms with Gasteiger partial charge in [0.25, 0.3) is 0 Å². The summed E-state index contributed by atoms with van der Waals surface area (Å²) in [5.74, 6) is 0. The van der Waals surface area contributed by atoms with E-state index in [0.29, 0.717) is 0 Å². The molecule has 0 amide bonds. The van der Waals surface area contributed by atoms with Gasteiger partial charge >= 0.3 is 0 Å². The summed E-state index contributed by atoms with van der Waals surface area (Å²) in [6, 6.07) is 0. The second-order valence-corrected chi connectivity index (χ2v) is 19.5. The van der Waals surface area contributed by atoms with Gasteiger partial charge < -0.3 is 18.1 Å². The fourth-order valence-electron chi connectivity index (χ4n) is 8.98. The first-order valence-electron chi connectivity index (χ1n) is 26.9. The maximum Gasteiger partial charge on any atom is 0.0786 e. The number of hydrogen-bond acceptors (Lipinski definition) is 4. The lowest BCUT2D eigenvalue weighted by atomic mass is 10.1. The van der Waals surface area contributed by atoms with Crippen LogP contribution in [0.5, 0.6) is 0 Å². The second-order valence-electron chi connectivity index (χ2n) is 18.7. The van der Waals surface area contributed by atoms with Gasteiger partial charge in [-0.1, -0.05) is 196 Å². The van der Waals surface area contributed by atoms with Gasteiger partial charge in [0.1, 0.15) is 0 Å². The van der Waals surface area contributed by atoms with Crippen molar-refractivity contribution in [3.8, 4) is 0 Å². The molecule has 0 bridgehead atoms. The Morgan fingerprint density at radius 1 is 0.254 bits per heavy atom. The molecule has 0 fully saturated rings. The average molecular weight is 862 g/mol. The summed E-state index contributed by atoms with van der Waals surface area (Å²) in [4.78, 5) is 0. The molecule has 0 unspecified atom stereocenters. The maximum absolute atomic E-state index is 8.52. The first-order valence-corrected chi connectivity index (χ1v) is 28.2. The molecule has 0 aromatic carbocycles. The van der Waals surface area contributed by atoms with Crippen LogP contribution in [-0.4, -0.2) is 78.8 Å². The Balaban J connectivity index is -0.000000951. The van der Waals surface area contributed by atoms with Crippen LogP contribution in [0.3, 0.4) is 0 Å². The van der Waals surface area contributed by atoms with Crippen LogP contribution in [0.1, 0.15) is 287 Å². The highest BCUT2D eigenvalue weighted by Crippen LogP contribution is 2.20. The molecule has 6 nitrogen and oxygen atoms in total. The monoisotopic (exact) mass is 861 g/mol. The van der Waals surface area contributed by atoms with E-state index in [0.717, 1.165) is 0 Å². The topological polar surface area (TPSA) is 80.3 Å². The van der Waals surface area contributed by atoms with Crippen molar-refractivity contribution in [3.05, 3.63) is 0 Å². The van der Waals surface area contributed by atoms with Crippen molar-refractivity contribution >= 4 is 10.4 Å². The summed E-state index contributed by atoms with van der Waals surface area (Å²) < 4.78 is 36.9. The molecule has 7 heteroatoms. The van der Waals surface area contributed by atoms with Gasteiger partial charge in [-0.05, 0) is 90.9 Å². The molecule has 0 aromatic rings. The van der Waals surface area contributed by atoms with Crippen molar-refractivity contribution in [1.29, 1.82) is 0 Å². The van der Waals surface area contributed by atoms with E-state index in [9.17, 15) is 0 Å². The Bertz CT molecular complexity index is 738. The molecule has 0 aliphatic rings. The van der Waals surface area contributed by atoms with Gasteiger partial charge in [-0.3, -0.25) is 8.42 Å². The molecular weight excluding hydrogens is 749 g/mol. The first kappa shape index (κ1) is 63.1. The van der Waals surface area contributed by atoms with Gasteiger partial charge in [-0.2, -0.15) is 0 Å². The molecule has 0 heterocycles. The highest BCUT2D eigenvalue weighted by Gasteiger charge is 2.25. The minimum absolute atomic E-state index is 1.36. The molecule has 59 heavy (non-hydrogen) atoms. The summed E-state index contributed by atoms with van der Waals surface area (Å²) in [6.07, 6.45) is 51.9. The maximum atomic E-state index is 8.52. The predicted molar refractivity (Wildman–Crippen MR) is 262 cm³/mol. The van der Waals surface area contributed by atoms with Gasteiger partial charge in [0, 0.05) is 10.4 Å². The summed E-state index contributed by atoms with van der Waals surface area (Å²) in [5.41, 5.74) is 0. The first-order chi connectivity index (χ1) is 28.5. The van der Waals surface area contributed by atoms with Crippen LogP contribution in [0.25, 0.3) is 0 Å². The fraction of sp³-hybridized carbons (Fsp3) is 1.00. The van der Waals surface area contributed by atoms with Crippen LogP contribution < -0.4 is 0 Å². The second kappa shape index (κ2) is 48.8. The molecule has 0 rings (SSSR count). The summed E-state index contributed by atoms with van der Waals surface area (Å²) >= 11 is 0. The van der Waals surface area contributed by atoms with E-state index >= 15 is 0 Å². The van der Waals surface area contributed by atoms with Crippen LogP contribution in [0.15, 0.2) is 0 Å². The van der Waals surface area contributed by atoms with Gasteiger partial charge in [0.2, 0.25) is 0 Å². The van der Waals surface area contributed by atoms with Gasteiger partial charge in [0.15, 0.2) is 0 Å². The van der Waals surface area contributed by atoms with E-state index in [1.165, 1.54) is 292 Å². The van der Waals surface area contributed by atoms with Crippen molar-refractivity contribution in [1.82, 2.24) is 0 Å². The molecule has 0 aliphatic carbocycles. The summed E-state index contributed by atoms with van der Waals surface area (Å²) in [7, 11) is -5.17. The van der Waals surface area contributed by atoms with E-state index in [2.05, 4.69) is 55.4 Å². The number of hydrogen-bond donors (Lipinski definition) is 0. The number of quaternary nitrogens is 2. The molecule has 0 aliphatic heterocycles. The van der Waals surface area contributed by atoms with Crippen LogP contribution >= 0.6 is 0 Å². The van der Waals surface area contributed by atoms with Crippen LogP contribution in [0.4, 0.5) is 0 Å². The van der Waals surface area contributed by atoms with Crippen molar-refractivity contribution in [2.24, 2.45) is 0 Å². The lowest BCUT2D eigenvalue weighted by Gasteiger charge is -2.38. The third-order valence-electron chi connectivity index (χ3n) is 13.3. The molecule has 0 atom stereocenters. The van der Waals surface area contributed by atoms with E-state index in [4.69, 9.17) is 17.5 Å². The Labute approximate surface area is 374 Å². The number of nitrogens with zero attached hydrogens (tertiary/aromatic N) is 2. The normalized spacial score (nSPS) is 12.0. The Hall–Kier alpha value is -0.210. The van der Waals surface area contributed by atoms with Gasteiger partial charge in [-0.25, -0.2) is 0 Å². The van der Waals surface area contributed by atoms with Crippen molar-refractivity contribution < 1.29 is 26.5 Å². The molecule has 0 aromatic heterocycles. The lowest BCUT2D eigenvalue weighted by Crippen LogP contribution is -2.50. The number of unbranched alkanes of at least 4 members (excludes halogenated alkanes) is 30. The Kier molecular flexibility index (Phi) is 52.2. The van der Waals surface area contributed by atoms with E-state index in [-0.39, 0.29) is 0 Å². The molecule has 0 saturated heterocycles. The standard InChI is InChI=1S/2C26H56N.H2O4S/c2*1-5-9-12-15-18-21-24-27(8-4,25-22-19-16-13-10-6-2)26-23-20-17-14-11-7-3;1-5(2,3)4/h2*5-26H2,1-4H3;(H2,1,2,3,4)/q2*+1;/p-2. The zero-order chi connectivity index (χ0) is 44.6. The molecule has 0 radical (unpaired) electrons. The fourth-order valence-corrected chi connectivity index (χ4v) is 8.98. The zero-order valence-electron chi connectivity index (χ0n) is 42.0. The molecule has 360 valence electrons. The van der Waals surface area contributed by atoms with Crippen molar-refractivity contribution in [2.75, 3.05) is 52.4 Å². The van der Waals surface area contributed by atoms with E-state index < -0.39 is 10.4 Å². The van der Waals surface area contributed by atoms with Crippen LogP contribution in [0, 0.1) is 0 Å². The smallest absolute Gasteiger partial charge is 0.0786 e. The third-order valence-corrected chi connectivity index (χ3v) is 13.3. The largest absolute Gasteiger partial charge is 0.759 e.